The SMILES string of the molecule is C=C/C=C\C(=C/C)c1ccc(B2OC(C)(C)C(C)(CC)O2)cn1. The van der Waals surface area contributed by atoms with E-state index >= 15 is 0 Å². The van der Waals surface area contributed by atoms with Crippen LogP contribution >= 0.6 is 0 Å². The molecule has 0 spiro atoms. The molecular weight excluding hydrogens is 285 g/mol. The van der Waals surface area contributed by atoms with E-state index in [2.05, 4.69) is 39.3 Å². The fourth-order valence-corrected chi connectivity index (χ4v) is 2.66. The number of rotatable bonds is 5. The van der Waals surface area contributed by atoms with Gasteiger partial charge in [0, 0.05) is 11.7 Å². The second-order valence-corrected chi connectivity index (χ2v) is 6.48. The summed E-state index contributed by atoms with van der Waals surface area (Å²) in [4.78, 5) is 4.55. The summed E-state index contributed by atoms with van der Waals surface area (Å²) < 4.78 is 12.3. The first-order valence-electron chi connectivity index (χ1n) is 8.14. The number of hydrogen-bond donors (Lipinski definition) is 0. The molecule has 1 saturated heterocycles. The van der Waals surface area contributed by atoms with Crippen LogP contribution in [0.1, 0.15) is 46.7 Å². The van der Waals surface area contributed by atoms with Gasteiger partial charge in [-0.2, -0.15) is 0 Å². The van der Waals surface area contributed by atoms with Crippen molar-refractivity contribution in [3.05, 3.63) is 54.9 Å². The molecule has 0 radical (unpaired) electrons. The Morgan fingerprint density at radius 2 is 2.04 bits per heavy atom. The summed E-state index contributed by atoms with van der Waals surface area (Å²) in [6.45, 7) is 14.1. The summed E-state index contributed by atoms with van der Waals surface area (Å²) in [5, 5.41) is 0. The Bertz CT molecular complexity index is 619. The van der Waals surface area contributed by atoms with Gasteiger partial charge < -0.3 is 9.31 Å². The van der Waals surface area contributed by atoms with Crippen LogP contribution in [0.25, 0.3) is 5.57 Å². The van der Waals surface area contributed by atoms with E-state index in [-0.39, 0.29) is 18.3 Å². The van der Waals surface area contributed by atoms with Crippen molar-refractivity contribution in [2.45, 2.75) is 52.2 Å². The Hall–Kier alpha value is -1.65. The van der Waals surface area contributed by atoms with Crippen molar-refractivity contribution in [2.24, 2.45) is 0 Å². The van der Waals surface area contributed by atoms with Gasteiger partial charge in [-0.25, -0.2) is 0 Å². The van der Waals surface area contributed by atoms with E-state index in [1.807, 2.05) is 43.5 Å². The molecule has 0 amide bonds. The maximum absolute atomic E-state index is 6.19. The molecule has 0 bridgehead atoms. The van der Waals surface area contributed by atoms with E-state index in [9.17, 15) is 0 Å². The van der Waals surface area contributed by atoms with Crippen molar-refractivity contribution in [2.75, 3.05) is 0 Å². The van der Waals surface area contributed by atoms with Crippen LogP contribution in [0.2, 0.25) is 0 Å². The zero-order valence-electron chi connectivity index (χ0n) is 14.8. The first-order valence-corrected chi connectivity index (χ1v) is 8.14. The Balaban J connectivity index is 2.21. The monoisotopic (exact) mass is 311 g/mol. The van der Waals surface area contributed by atoms with E-state index in [1.54, 1.807) is 6.08 Å². The molecule has 0 N–H and O–H groups in total. The molecule has 1 fully saturated rings. The average molecular weight is 311 g/mol. The molecular formula is C19H26BNO2. The van der Waals surface area contributed by atoms with Crippen LogP contribution in [0.4, 0.5) is 0 Å². The van der Waals surface area contributed by atoms with Crippen molar-refractivity contribution < 1.29 is 9.31 Å². The molecule has 2 rings (SSSR count). The fraction of sp³-hybridized carbons (Fsp3) is 0.421. The molecule has 2 heterocycles. The van der Waals surface area contributed by atoms with E-state index in [1.165, 1.54) is 0 Å². The Morgan fingerprint density at radius 3 is 2.52 bits per heavy atom. The highest BCUT2D eigenvalue weighted by atomic mass is 16.7. The molecule has 0 aromatic carbocycles. The predicted octanol–water partition coefficient (Wildman–Crippen LogP) is 3.92. The summed E-state index contributed by atoms with van der Waals surface area (Å²) in [7, 11) is -0.366. The topological polar surface area (TPSA) is 31.4 Å². The number of nitrogens with zero attached hydrogens (tertiary/aromatic N) is 1. The predicted molar refractivity (Wildman–Crippen MR) is 97.6 cm³/mol. The Morgan fingerprint density at radius 1 is 1.30 bits per heavy atom. The molecule has 3 nitrogen and oxygen atoms in total. The summed E-state index contributed by atoms with van der Waals surface area (Å²) in [5.74, 6) is 0. The lowest BCUT2D eigenvalue weighted by molar-refractivity contribution is -0.0118. The van der Waals surface area contributed by atoms with Gasteiger partial charge in [0.1, 0.15) is 0 Å². The minimum Gasteiger partial charge on any atom is -0.399 e. The van der Waals surface area contributed by atoms with Crippen molar-refractivity contribution in [3.8, 4) is 0 Å². The minimum absolute atomic E-state index is 0.294. The maximum Gasteiger partial charge on any atom is 0.496 e. The second kappa shape index (κ2) is 6.85. The zero-order valence-corrected chi connectivity index (χ0v) is 14.8. The molecule has 1 aromatic rings. The van der Waals surface area contributed by atoms with Crippen molar-refractivity contribution >= 4 is 18.2 Å². The summed E-state index contributed by atoms with van der Waals surface area (Å²) in [6.07, 6.45) is 10.4. The van der Waals surface area contributed by atoms with Crippen LogP contribution in [-0.4, -0.2) is 23.3 Å². The third-order valence-corrected chi connectivity index (χ3v) is 4.79. The minimum atomic E-state index is -0.366. The third kappa shape index (κ3) is 3.49. The zero-order chi connectivity index (χ0) is 17.1. The number of pyridine rings is 1. The summed E-state index contributed by atoms with van der Waals surface area (Å²) in [5.41, 5.74) is 2.31. The van der Waals surface area contributed by atoms with Crippen LogP contribution in [0.5, 0.6) is 0 Å². The molecule has 1 atom stereocenters. The number of allylic oxidation sites excluding steroid dienone is 5. The van der Waals surface area contributed by atoms with Crippen LogP contribution in [0, 0.1) is 0 Å². The third-order valence-electron chi connectivity index (χ3n) is 4.79. The van der Waals surface area contributed by atoms with Gasteiger partial charge in [0.2, 0.25) is 0 Å². The molecule has 1 aliphatic heterocycles. The van der Waals surface area contributed by atoms with E-state index in [0.717, 1.165) is 23.2 Å². The molecule has 23 heavy (non-hydrogen) atoms. The van der Waals surface area contributed by atoms with Crippen LogP contribution < -0.4 is 5.46 Å². The number of aromatic nitrogens is 1. The molecule has 122 valence electrons. The quantitative estimate of drug-likeness (QED) is 0.610. The Kier molecular flexibility index (Phi) is 5.28. The number of hydrogen-bond acceptors (Lipinski definition) is 3. The highest BCUT2D eigenvalue weighted by Gasteiger charge is 2.53. The van der Waals surface area contributed by atoms with Crippen molar-refractivity contribution in [3.63, 3.8) is 0 Å². The van der Waals surface area contributed by atoms with E-state index < -0.39 is 0 Å². The Labute approximate surface area is 140 Å². The lowest BCUT2D eigenvalue weighted by Crippen LogP contribution is -2.44. The van der Waals surface area contributed by atoms with Gasteiger partial charge in [-0.15, -0.1) is 0 Å². The van der Waals surface area contributed by atoms with Crippen LogP contribution in [0.3, 0.4) is 0 Å². The lowest BCUT2D eigenvalue weighted by Gasteiger charge is -2.35. The molecule has 0 aliphatic carbocycles. The maximum atomic E-state index is 6.19. The van der Waals surface area contributed by atoms with Gasteiger partial charge in [0.15, 0.2) is 0 Å². The molecule has 0 saturated carbocycles. The summed E-state index contributed by atoms with van der Waals surface area (Å²) >= 11 is 0. The first-order chi connectivity index (χ1) is 10.9. The second-order valence-electron chi connectivity index (χ2n) is 6.48. The van der Waals surface area contributed by atoms with Gasteiger partial charge in [-0.3, -0.25) is 4.98 Å². The molecule has 1 aromatic heterocycles. The van der Waals surface area contributed by atoms with E-state index in [4.69, 9.17) is 9.31 Å². The lowest BCUT2D eigenvalue weighted by atomic mass is 9.80. The van der Waals surface area contributed by atoms with Gasteiger partial charge in [0.25, 0.3) is 0 Å². The highest BCUT2D eigenvalue weighted by Crippen LogP contribution is 2.39. The van der Waals surface area contributed by atoms with Gasteiger partial charge in [-0.05, 0) is 45.8 Å². The standard InChI is InChI=1S/C19H26BNO2/c1-7-10-11-15(8-2)17-13-12-16(14-21-17)20-22-18(4,5)19(6,9-3)23-20/h7-8,10-14H,1,9H2,2-6H3/b11-10-,15-8+. The van der Waals surface area contributed by atoms with Crippen molar-refractivity contribution in [1.82, 2.24) is 4.98 Å². The van der Waals surface area contributed by atoms with Crippen LogP contribution in [-0.2, 0) is 9.31 Å². The molecule has 1 unspecified atom stereocenters. The van der Waals surface area contributed by atoms with E-state index in [0.29, 0.717) is 0 Å². The van der Waals surface area contributed by atoms with Gasteiger partial charge in [0.05, 0.1) is 16.9 Å². The first kappa shape index (κ1) is 17.7. The molecule has 4 heteroatoms. The van der Waals surface area contributed by atoms with Gasteiger partial charge >= 0.3 is 7.12 Å². The molecule has 1 aliphatic rings. The highest BCUT2D eigenvalue weighted by molar-refractivity contribution is 6.62. The average Bonchev–Trinajstić information content (AvgIpc) is 2.79. The largest absolute Gasteiger partial charge is 0.496 e. The smallest absolute Gasteiger partial charge is 0.399 e. The fourth-order valence-electron chi connectivity index (χ4n) is 2.66. The van der Waals surface area contributed by atoms with Gasteiger partial charge in [-0.1, -0.05) is 43.9 Å². The van der Waals surface area contributed by atoms with Crippen LogP contribution in [0.15, 0.2) is 49.2 Å². The van der Waals surface area contributed by atoms with Crippen molar-refractivity contribution in [1.29, 1.82) is 0 Å². The summed E-state index contributed by atoms with van der Waals surface area (Å²) in [6, 6.07) is 4.02. The normalized spacial score (nSPS) is 24.4.